The minimum absolute atomic E-state index is 0.00863. The van der Waals surface area contributed by atoms with E-state index >= 15 is 0 Å². The van der Waals surface area contributed by atoms with Gasteiger partial charge in [-0.3, -0.25) is 4.79 Å². The molecule has 1 amide bonds. The highest BCUT2D eigenvalue weighted by Gasteiger charge is 2.21. The van der Waals surface area contributed by atoms with Crippen molar-refractivity contribution in [2.75, 3.05) is 32.8 Å². The number of quaternary nitrogens is 2. The normalized spacial score (nSPS) is 15.5. The number of nitrogens with one attached hydrogen (secondary N) is 2. The summed E-state index contributed by atoms with van der Waals surface area (Å²) in [5, 5.41) is 5.04. The van der Waals surface area contributed by atoms with Crippen molar-refractivity contribution in [3.05, 3.63) is 95.4 Å². The predicted molar refractivity (Wildman–Crippen MR) is 117 cm³/mol. The first-order chi connectivity index (χ1) is 15.3. The minimum atomic E-state index is -0.0380. The highest BCUT2D eigenvalue weighted by Crippen LogP contribution is 2.18. The van der Waals surface area contributed by atoms with Crippen LogP contribution in [0.25, 0.3) is 0 Å². The summed E-state index contributed by atoms with van der Waals surface area (Å²) in [5.74, 6) is 0.853. The third kappa shape index (κ3) is 6.28. The van der Waals surface area contributed by atoms with Crippen molar-refractivity contribution < 1.29 is 24.2 Å². The highest BCUT2D eigenvalue weighted by atomic mass is 16.5. The fraction of sp³-hybridized carbons (Fsp3) is 0.320. The maximum atomic E-state index is 12.5. The van der Waals surface area contributed by atoms with Crippen LogP contribution >= 0.6 is 0 Å². The molecule has 0 bridgehead atoms. The molecule has 4 N–H and O–H groups in total. The van der Waals surface area contributed by atoms with Gasteiger partial charge < -0.3 is 24.7 Å². The Bertz CT molecular complexity index is 920. The van der Waals surface area contributed by atoms with Crippen molar-refractivity contribution in [1.82, 2.24) is 5.32 Å². The lowest BCUT2D eigenvalue weighted by molar-refractivity contribution is -0.921. The summed E-state index contributed by atoms with van der Waals surface area (Å²) < 4.78 is 11.0. The zero-order valence-electron chi connectivity index (χ0n) is 17.8. The van der Waals surface area contributed by atoms with Crippen LogP contribution in [0.15, 0.2) is 77.4 Å². The number of hydrogen-bond acceptors (Lipinski definition) is 3. The smallest absolute Gasteiger partial charge is 0.275 e. The van der Waals surface area contributed by atoms with Crippen LogP contribution in [0.5, 0.6) is 0 Å². The van der Waals surface area contributed by atoms with Crippen LogP contribution in [0.1, 0.15) is 28.5 Å². The molecule has 1 fully saturated rings. The van der Waals surface area contributed by atoms with Gasteiger partial charge in [0.1, 0.15) is 19.6 Å². The van der Waals surface area contributed by atoms with Gasteiger partial charge in [-0.1, -0.05) is 54.6 Å². The Hall–Kier alpha value is -2.93. The van der Waals surface area contributed by atoms with Crippen LogP contribution in [0.2, 0.25) is 0 Å². The number of morpholine rings is 1. The molecule has 1 atom stereocenters. The summed E-state index contributed by atoms with van der Waals surface area (Å²) in [5.41, 5.74) is 3.55. The standard InChI is InChI=1S/C25H29N3O3/c29-24(18-27-25(23-7-4-14-31-23)22-5-2-1-3-6-22)26-17-20-8-10-21(11-9-20)19-28-12-15-30-16-13-28/h1-11,14,25,27H,12-13,15-19H2,(H,26,29)/p+2/t25-/m0/s1. The third-order valence-corrected chi connectivity index (χ3v) is 5.71. The predicted octanol–water partition coefficient (Wildman–Crippen LogP) is 0.664. The Morgan fingerprint density at radius 1 is 0.968 bits per heavy atom. The van der Waals surface area contributed by atoms with Gasteiger partial charge in [0.05, 0.1) is 19.5 Å². The van der Waals surface area contributed by atoms with Gasteiger partial charge in [0, 0.05) is 17.7 Å². The first kappa shape index (κ1) is 21.3. The number of carbonyl (C=O) groups excluding carboxylic acids is 1. The SMILES string of the molecule is O=C(C[NH2+][C@@H](c1ccccc1)c1ccco1)NCc1ccc(C[NH+]2CCOCC2)cc1. The van der Waals surface area contributed by atoms with Gasteiger partial charge in [-0.15, -0.1) is 0 Å². The topological polar surface area (TPSA) is 72.5 Å². The summed E-state index contributed by atoms with van der Waals surface area (Å²) >= 11 is 0. The second-order valence-electron chi connectivity index (χ2n) is 7.98. The average Bonchev–Trinajstić information content (AvgIpc) is 3.35. The van der Waals surface area contributed by atoms with Crippen LogP contribution in [0.4, 0.5) is 0 Å². The molecule has 6 heteroatoms. The molecule has 162 valence electrons. The molecule has 0 unspecified atom stereocenters. The van der Waals surface area contributed by atoms with Gasteiger partial charge in [-0.2, -0.15) is 0 Å². The number of furan rings is 1. The summed E-state index contributed by atoms with van der Waals surface area (Å²) in [4.78, 5) is 14.0. The molecule has 6 nitrogen and oxygen atoms in total. The van der Waals surface area contributed by atoms with E-state index in [2.05, 4.69) is 41.7 Å². The number of ether oxygens (including phenoxy) is 1. The molecule has 0 saturated carbocycles. The van der Waals surface area contributed by atoms with E-state index in [0.717, 1.165) is 49.7 Å². The maximum Gasteiger partial charge on any atom is 0.275 e. The third-order valence-electron chi connectivity index (χ3n) is 5.71. The quantitative estimate of drug-likeness (QED) is 0.475. The van der Waals surface area contributed by atoms with Crippen molar-refractivity contribution in [3.8, 4) is 0 Å². The van der Waals surface area contributed by atoms with E-state index in [-0.39, 0.29) is 11.9 Å². The number of rotatable bonds is 9. The van der Waals surface area contributed by atoms with Crippen molar-refractivity contribution in [2.24, 2.45) is 0 Å². The lowest BCUT2D eigenvalue weighted by atomic mass is 10.0. The molecular formula is C25H31N3O3+2. The highest BCUT2D eigenvalue weighted by molar-refractivity contribution is 5.76. The van der Waals surface area contributed by atoms with Gasteiger partial charge in [-0.25, -0.2) is 0 Å². The van der Waals surface area contributed by atoms with Gasteiger partial charge in [0.25, 0.3) is 5.91 Å². The van der Waals surface area contributed by atoms with Crippen molar-refractivity contribution in [1.29, 1.82) is 0 Å². The number of nitrogens with two attached hydrogens (primary N) is 1. The molecule has 0 radical (unpaired) electrons. The number of hydrogen-bond donors (Lipinski definition) is 3. The lowest BCUT2D eigenvalue weighted by Gasteiger charge is -2.23. The Kier molecular flexibility index (Phi) is 7.50. The average molecular weight is 422 g/mol. The fourth-order valence-corrected chi connectivity index (χ4v) is 3.94. The van der Waals surface area contributed by atoms with E-state index in [0.29, 0.717) is 13.1 Å². The van der Waals surface area contributed by atoms with Crippen LogP contribution in [-0.4, -0.2) is 38.8 Å². The Balaban J connectivity index is 1.25. The first-order valence-electron chi connectivity index (χ1n) is 11.0. The molecule has 31 heavy (non-hydrogen) atoms. The first-order valence-corrected chi connectivity index (χ1v) is 11.0. The Morgan fingerprint density at radius 2 is 1.71 bits per heavy atom. The fourth-order valence-electron chi connectivity index (χ4n) is 3.94. The molecule has 0 aliphatic carbocycles. The summed E-state index contributed by atoms with van der Waals surface area (Å²) in [6.45, 7) is 5.72. The summed E-state index contributed by atoms with van der Waals surface area (Å²) in [6.07, 6.45) is 1.67. The van der Waals surface area contributed by atoms with E-state index in [1.165, 1.54) is 5.56 Å². The zero-order valence-corrected chi connectivity index (χ0v) is 17.8. The molecule has 2 heterocycles. The van der Waals surface area contributed by atoms with E-state index in [1.807, 2.05) is 35.6 Å². The van der Waals surface area contributed by atoms with Gasteiger partial charge in [-0.05, 0) is 17.7 Å². The molecule has 4 rings (SSSR count). The summed E-state index contributed by atoms with van der Waals surface area (Å²) in [6, 6.07) is 22.4. The summed E-state index contributed by atoms with van der Waals surface area (Å²) in [7, 11) is 0. The number of amides is 1. The number of carbonyl (C=O) groups is 1. The Morgan fingerprint density at radius 3 is 2.42 bits per heavy atom. The van der Waals surface area contributed by atoms with Gasteiger partial charge in [0.2, 0.25) is 0 Å². The maximum absolute atomic E-state index is 12.5. The Labute approximate surface area is 183 Å². The van der Waals surface area contributed by atoms with Crippen molar-refractivity contribution in [2.45, 2.75) is 19.1 Å². The molecule has 0 spiro atoms. The molecular weight excluding hydrogens is 390 g/mol. The van der Waals surface area contributed by atoms with Crippen LogP contribution in [-0.2, 0) is 22.6 Å². The second-order valence-corrected chi connectivity index (χ2v) is 7.98. The second kappa shape index (κ2) is 10.9. The zero-order chi connectivity index (χ0) is 21.3. The molecule has 1 aromatic heterocycles. The van der Waals surface area contributed by atoms with Gasteiger partial charge in [0.15, 0.2) is 18.3 Å². The molecule has 3 aromatic rings. The van der Waals surface area contributed by atoms with Crippen molar-refractivity contribution in [3.63, 3.8) is 0 Å². The largest absolute Gasteiger partial charge is 0.463 e. The van der Waals surface area contributed by atoms with E-state index in [9.17, 15) is 4.79 Å². The lowest BCUT2D eigenvalue weighted by Crippen LogP contribution is -3.12. The van der Waals surface area contributed by atoms with Crippen LogP contribution in [0, 0.1) is 0 Å². The van der Waals surface area contributed by atoms with Gasteiger partial charge >= 0.3 is 0 Å². The number of benzene rings is 2. The van der Waals surface area contributed by atoms with Crippen LogP contribution in [0.3, 0.4) is 0 Å². The molecule has 2 aromatic carbocycles. The van der Waals surface area contributed by atoms with E-state index in [1.54, 1.807) is 11.2 Å². The minimum Gasteiger partial charge on any atom is -0.463 e. The molecule has 1 saturated heterocycles. The van der Waals surface area contributed by atoms with Crippen LogP contribution < -0.4 is 15.5 Å². The van der Waals surface area contributed by atoms with Crippen molar-refractivity contribution >= 4 is 5.91 Å². The van der Waals surface area contributed by atoms with E-state index in [4.69, 9.17) is 9.15 Å². The molecule has 1 aliphatic rings. The van der Waals surface area contributed by atoms with E-state index < -0.39 is 0 Å². The monoisotopic (exact) mass is 421 g/mol. The molecule has 1 aliphatic heterocycles.